The molecule has 0 atom stereocenters. The minimum absolute atomic E-state index is 0.236. The third-order valence-electron chi connectivity index (χ3n) is 3.40. The number of hydrogen-bond donors (Lipinski definition) is 1. The summed E-state index contributed by atoms with van der Waals surface area (Å²) in [7, 11) is 0. The molecule has 0 amide bonds. The predicted molar refractivity (Wildman–Crippen MR) is 74.0 cm³/mol. The number of fused-ring (bicyclic) bond motifs is 1. The fourth-order valence-corrected chi connectivity index (χ4v) is 2.30. The predicted octanol–water partition coefficient (Wildman–Crippen LogP) is 2.99. The monoisotopic (exact) mass is 270 g/mol. The van der Waals surface area contributed by atoms with E-state index < -0.39 is 5.97 Å². The van der Waals surface area contributed by atoms with E-state index in [2.05, 4.69) is 4.98 Å². The molecule has 0 radical (unpaired) electrons. The number of para-hydroxylation sites is 1. The van der Waals surface area contributed by atoms with E-state index in [-0.39, 0.29) is 5.69 Å². The van der Waals surface area contributed by atoms with Crippen molar-refractivity contribution in [2.45, 2.75) is 20.4 Å². The highest BCUT2D eigenvalue weighted by Gasteiger charge is 2.16. The lowest BCUT2D eigenvalue weighted by Crippen LogP contribution is -2.09. The first-order valence-corrected chi connectivity index (χ1v) is 6.30. The molecular formula is C15H14N2O3. The van der Waals surface area contributed by atoms with Gasteiger partial charge in [-0.15, -0.1) is 0 Å². The van der Waals surface area contributed by atoms with Crippen LogP contribution in [0.3, 0.4) is 0 Å². The molecular weight excluding hydrogens is 256 g/mol. The van der Waals surface area contributed by atoms with E-state index in [4.69, 9.17) is 4.42 Å². The number of aromatic nitrogens is 2. The van der Waals surface area contributed by atoms with Crippen molar-refractivity contribution >= 4 is 16.9 Å². The Kier molecular flexibility index (Phi) is 2.82. The third kappa shape index (κ3) is 1.97. The number of rotatable bonds is 3. The first-order chi connectivity index (χ1) is 9.56. The molecule has 0 bridgehead atoms. The van der Waals surface area contributed by atoms with Gasteiger partial charge in [0.2, 0.25) is 5.89 Å². The zero-order valence-electron chi connectivity index (χ0n) is 11.3. The SMILES string of the molecule is Cc1nc(Cn2c(C(=O)O)cc3ccccc32)oc1C. The molecule has 0 saturated heterocycles. The summed E-state index contributed by atoms with van der Waals surface area (Å²) >= 11 is 0. The molecule has 5 nitrogen and oxygen atoms in total. The van der Waals surface area contributed by atoms with E-state index in [1.165, 1.54) is 0 Å². The number of carboxylic acids is 1. The lowest BCUT2D eigenvalue weighted by molar-refractivity contribution is 0.0686. The molecule has 3 aromatic rings. The summed E-state index contributed by atoms with van der Waals surface area (Å²) in [6.45, 7) is 4.02. The van der Waals surface area contributed by atoms with Crippen molar-refractivity contribution < 1.29 is 14.3 Å². The van der Waals surface area contributed by atoms with Crippen LogP contribution in [0.25, 0.3) is 10.9 Å². The van der Waals surface area contributed by atoms with Crippen molar-refractivity contribution in [1.82, 2.24) is 9.55 Å². The Morgan fingerprint density at radius 1 is 1.35 bits per heavy atom. The van der Waals surface area contributed by atoms with Gasteiger partial charge in [-0.3, -0.25) is 0 Å². The van der Waals surface area contributed by atoms with E-state index in [1.807, 2.05) is 38.1 Å². The van der Waals surface area contributed by atoms with Crippen molar-refractivity contribution in [2.75, 3.05) is 0 Å². The minimum Gasteiger partial charge on any atom is -0.477 e. The molecule has 0 spiro atoms. The van der Waals surface area contributed by atoms with Crippen molar-refractivity contribution in [3.8, 4) is 0 Å². The van der Waals surface area contributed by atoms with Crippen molar-refractivity contribution in [3.63, 3.8) is 0 Å². The van der Waals surface area contributed by atoms with Gasteiger partial charge in [-0.1, -0.05) is 18.2 Å². The van der Waals surface area contributed by atoms with Gasteiger partial charge in [-0.2, -0.15) is 0 Å². The lowest BCUT2D eigenvalue weighted by Gasteiger charge is -2.05. The van der Waals surface area contributed by atoms with Crippen LogP contribution in [0.4, 0.5) is 0 Å². The highest BCUT2D eigenvalue weighted by Crippen LogP contribution is 2.21. The molecule has 1 aromatic carbocycles. The molecule has 2 aromatic heterocycles. The molecule has 5 heteroatoms. The van der Waals surface area contributed by atoms with Gasteiger partial charge in [0.25, 0.3) is 0 Å². The van der Waals surface area contributed by atoms with Gasteiger partial charge in [0.15, 0.2) is 0 Å². The van der Waals surface area contributed by atoms with Gasteiger partial charge in [0.1, 0.15) is 11.5 Å². The topological polar surface area (TPSA) is 68.3 Å². The summed E-state index contributed by atoms with van der Waals surface area (Å²) in [5, 5.41) is 10.2. The second kappa shape index (κ2) is 4.52. The number of carboxylic acid groups (broad SMARTS) is 1. The highest BCUT2D eigenvalue weighted by atomic mass is 16.4. The quantitative estimate of drug-likeness (QED) is 0.794. The fourth-order valence-electron chi connectivity index (χ4n) is 2.30. The molecule has 2 heterocycles. The van der Waals surface area contributed by atoms with Crippen molar-refractivity contribution in [2.24, 2.45) is 0 Å². The Morgan fingerprint density at radius 3 is 2.75 bits per heavy atom. The minimum atomic E-state index is -0.957. The summed E-state index contributed by atoms with van der Waals surface area (Å²) in [4.78, 5) is 15.7. The smallest absolute Gasteiger partial charge is 0.352 e. The average molecular weight is 270 g/mol. The van der Waals surface area contributed by atoms with E-state index in [9.17, 15) is 9.90 Å². The van der Waals surface area contributed by atoms with Crippen LogP contribution in [-0.4, -0.2) is 20.6 Å². The molecule has 0 aliphatic heterocycles. The number of nitrogens with zero attached hydrogens (tertiary/aromatic N) is 2. The summed E-state index contributed by atoms with van der Waals surface area (Å²) in [6.07, 6.45) is 0. The molecule has 0 unspecified atom stereocenters. The van der Waals surface area contributed by atoms with Crippen LogP contribution >= 0.6 is 0 Å². The number of aryl methyl sites for hydroxylation is 2. The van der Waals surface area contributed by atoms with Crippen molar-refractivity contribution in [3.05, 3.63) is 53.4 Å². The largest absolute Gasteiger partial charge is 0.477 e. The lowest BCUT2D eigenvalue weighted by atomic mass is 10.2. The zero-order valence-corrected chi connectivity index (χ0v) is 11.3. The normalized spacial score (nSPS) is 11.1. The Bertz CT molecular complexity index is 779. The summed E-state index contributed by atoms with van der Waals surface area (Å²) < 4.78 is 7.26. The standard InChI is InChI=1S/C15H14N2O3/c1-9-10(2)20-14(16-9)8-17-12-6-4-3-5-11(12)7-13(17)15(18)19/h3-7H,8H2,1-2H3,(H,18,19). The van der Waals surface area contributed by atoms with Crippen LogP contribution in [0.2, 0.25) is 0 Å². The summed E-state index contributed by atoms with van der Waals surface area (Å²) in [5.74, 6) is 0.318. The van der Waals surface area contributed by atoms with Crippen LogP contribution in [0.1, 0.15) is 27.8 Å². The van der Waals surface area contributed by atoms with Gasteiger partial charge < -0.3 is 14.1 Å². The maximum absolute atomic E-state index is 11.4. The maximum Gasteiger partial charge on any atom is 0.352 e. The first kappa shape index (κ1) is 12.5. The molecule has 20 heavy (non-hydrogen) atoms. The van der Waals surface area contributed by atoms with Gasteiger partial charge >= 0.3 is 5.97 Å². The molecule has 0 aliphatic carbocycles. The molecule has 3 rings (SSSR count). The number of aromatic carboxylic acids is 1. The number of benzene rings is 1. The van der Waals surface area contributed by atoms with Gasteiger partial charge in [0, 0.05) is 10.9 Å². The molecule has 1 N–H and O–H groups in total. The van der Waals surface area contributed by atoms with Crippen molar-refractivity contribution in [1.29, 1.82) is 0 Å². The summed E-state index contributed by atoms with van der Waals surface area (Å²) in [5.41, 5.74) is 1.92. The van der Waals surface area contributed by atoms with E-state index in [1.54, 1.807) is 10.6 Å². The van der Waals surface area contributed by atoms with Crippen LogP contribution in [-0.2, 0) is 6.54 Å². The maximum atomic E-state index is 11.4. The van der Waals surface area contributed by atoms with E-state index >= 15 is 0 Å². The Labute approximate surface area is 115 Å². The van der Waals surface area contributed by atoms with E-state index in [0.29, 0.717) is 12.4 Å². The second-order valence-electron chi connectivity index (χ2n) is 4.73. The van der Waals surface area contributed by atoms with Crippen LogP contribution in [0, 0.1) is 13.8 Å². The van der Waals surface area contributed by atoms with Gasteiger partial charge in [-0.25, -0.2) is 9.78 Å². The number of carbonyl (C=O) groups is 1. The molecule has 0 saturated carbocycles. The fraction of sp³-hybridized carbons (Fsp3) is 0.200. The highest BCUT2D eigenvalue weighted by molar-refractivity contribution is 5.94. The number of oxazole rings is 1. The van der Waals surface area contributed by atoms with Gasteiger partial charge in [0.05, 0.1) is 12.2 Å². The Morgan fingerprint density at radius 2 is 2.10 bits per heavy atom. The van der Waals surface area contributed by atoms with Crippen LogP contribution < -0.4 is 0 Å². The Hall–Kier alpha value is -2.56. The Balaban J connectivity index is 2.13. The molecule has 0 fully saturated rings. The van der Waals surface area contributed by atoms with Crippen LogP contribution in [0.15, 0.2) is 34.7 Å². The number of hydrogen-bond acceptors (Lipinski definition) is 3. The van der Waals surface area contributed by atoms with Gasteiger partial charge in [-0.05, 0) is 26.0 Å². The van der Waals surface area contributed by atoms with E-state index in [0.717, 1.165) is 22.4 Å². The molecule has 102 valence electrons. The zero-order chi connectivity index (χ0) is 14.3. The average Bonchev–Trinajstić information content (AvgIpc) is 2.92. The molecule has 0 aliphatic rings. The summed E-state index contributed by atoms with van der Waals surface area (Å²) in [6, 6.07) is 9.23. The third-order valence-corrected chi connectivity index (χ3v) is 3.40. The second-order valence-corrected chi connectivity index (χ2v) is 4.73. The van der Waals surface area contributed by atoms with Crippen LogP contribution in [0.5, 0.6) is 0 Å². The first-order valence-electron chi connectivity index (χ1n) is 6.30.